The van der Waals surface area contributed by atoms with E-state index >= 15 is 0 Å². The minimum Gasteiger partial charge on any atom is -0.455 e. The first kappa shape index (κ1) is 52.4. The van der Waals surface area contributed by atoms with E-state index in [9.17, 15) is 0 Å². The molecule has 8 heteroatoms. The number of fused-ring (bicyclic) bond motifs is 20. The van der Waals surface area contributed by atoms with E-state index in [0.29, 0.717) is 66.3 Å². The Kier molecular flexibility index (Phi) is 13.0. The molecule has 107 heavy (non-hydrogen) atoms. The molecule has 0 aliphatic heterocycles. The van der Waals surface area contributed by atoms with Gasteiger partial charge in [0.15, 0.2) is 24.8 Å². The van der Waals surface area contributed by atoms with Crippen LogP contribution in [0.3, 0.4) is 0 Å². The van der Waals surface area contributed by atoms with Crippen molar-refractivity contribution in [2.24, 2.45) is 28.2 Å². The summed E-state index contributed by atoms with van der Waals surface area (Å²) in [4.78, 5) is 0. The van der Waals surface area contributed by atoms with E-state index in [1.54, 1.807) is 48.3 Å². The quantitative estimate of drug-likeness (QED) is 0.165. The molecule has 0 saturated heterocycles. The maximum absolute atomic E-state index is 8.21. The second-order valence-corrected chi connectivity index (χ2v) is 28.3. The number of aryl methyl sites for hydroxylation is 15. The van der Waals surface area contributed by atoms with Crippen molar-refractivity contribution in [3.8, 4) is 45.0 Å². The average molecular weight is 1410 g/mol. The molecule has 0 aliphatic rings. The molecule has 20 rings (SSSR count). The van der Waals surface area contributed by atoms with E-state index in [0.717, 1.165) is 149 Å². The van der Waals surface area contributed by atoms with Gasteiger partial charge in [-0.1, -0.05) is 152 Å². The lowest BCUT2D eigenvalue weighted by Crippen LogP contribution is -2.31. The van der Waals surface area contributed by atoms with Crippen LogP contribution in [0.5, 0.6) is 0 Å². The largest absolute Gasteiger partial charge is 0.455 e. The van der Waals surface area contributed by atoms with E-state index in [1.807, 2.05) is 228 Å². The Morgan fingerprint density at radius 2 is 0.645 bits per heavy atom. The van der Waals surface area contributed by atoms with Crippen molar-refractivity contribution >= 4 is 131 Å². The number of hydrogen-bond donors (Lipinski definition) is 0. The lowest BCUT2D eigenvalue weighted by atomic mass is 9.95. The van der Waals surface area contributed by atoms with Crippen LogP contribution in [0.4, 0.5) is 0 Å². The molecular formula is C99H86N4O4+4. The smallest absolute Gasteiger partial charge is 0.216 e. The van der Waals surface area contributed by atoms with Crippen LogP contribution in [0.15, 0.2) is 267 Å². The average Bonchev–Trinajstić information content (AvgIpc) is 1.57. The Labute approximate surface area is 643 Å². The minimum atomic E-state index is -2.33. The van der Waals surface area contributed by atoms with Gasteiger partial charge >= 0.3 is 0 Å². The summed E-state index contributed by atoms with van der Waals surface area (Å²) < 4.78 is 154. The molecule has 0 fully saturated rings. The number of nitrogens with zero attached hydrogens (tertiary/aromatic N) is 4. The molecule has 8 aromatic heterocycles. The summed E-state index contributed by atoms with van der Waals surface area (Å²) in [6, 6.07) is 73.1. The summed E-state index contributed by atoms with van der Waals surface area (Å²) >= 11 is 0. The van der Waals surface area contributed by atoms with Gasteiger partial charge in [-0.25, -0.2) is 18.3 Å². The molecule has 0 atom stereocenters. The zero-order chi connectivity index (χ0) is 86.5. The number of benzene rings is 12. The van der Waals surface area contributed by atoms with Crippen molar-refractivity contribution in [3.05, 3.63) is 310 Å². The third kappa shape index (κ3) is 11.4. The number of aromatic nitrogens is 4. The fourth-order valence-corrected chi connectivity index (χ4v) is 16.1. The third-order valence-electron chi connectivity index (χ3n) is 21.2. The van der Waals surface area contributed by atoms with Crippen LogP contribution in [0.2, 0.25) is 0 Å². The highest BCUT2D eigenvalue weighted by Gasteiger charge is 2.28. The Balaban J connectivity index is 0.000000116. The molecule has 0 spiro atoms. The van der Waals surface area contributed by atoms with Crippen LogP contribution < -0.4 is 18.3 Å². The van der Waals surface area contributed by atoms with E-state index < -0.39 is 34.3 Å². The molecule has 8 nitrogen and oxygen atoms in total. The van der Waals surface area contributed by atoms with Crippen LogP contribution in [0.1, 0.15) is 81.8 Å². The zero-order valence-electron chi connectivity index (χ0n) is 76.1. The van der Waals surface area contributed by atoms with Crippen molar-refractivity contribution in [2.75, 3.05) is 0 Å². The van der Waals surface area contributed by atoms with Crippen molar-refractivity contribution in [1.82, 2.24) is 0 Å². The van der Waals surface area contributed by atoms with Gasteiger partial charge < -0.3 is 17.7 Å². The summed E-state index contributed by atoms with van der Waals surface area (Å²) in [5.74, 6) is 0. The molecule has 8 heterocycles. The molecule has 12 aromatic carbocycles. The highest BCUT2D eigenvalue weighted by Crippen LogP contribution is 2.47. The Morgan fingerprint density at radius 3 is 1.11 bits per heavy atom. The van der Waals surface area contributed by atoms with Crippen LogP contribution >= 0.6 is 0 Å². The van der Waals surface area contributed by atoms with Crippen LogP contribution in [0.25, 0.3) is 176 Å². The van der Waals surface area contributed by atoms with Crippen molar-refractivity contribution < 1.29 is 56.5 Å². The van der Waals surface area contributed by atoms with Gasteiger partial charge in [0, 0.05) is 111 Å². The summed E-state index contributed by atoms with van der Waals surface area (Å²) in [7, 11) is 7.65. The SMILES string of the molecule is [2H]C([2H])([2H])c1c[n+](C)c(-c2c(C)ccc3c2oc2ccc4ccccc4c23)cc1C.[2H]C([2H])([2H])c1cc(C)c(-c2cc(C)cc[n+]2C)c2oc3ccc4ccccc4c3c12.[2H]C([2H])([2H])c1cc(C)c(-c2cccc[n+]2C)c2oc3ccc4ccccc4c3c12.[2H]C([2H])([2H])c1ccc(-c2c(C)cc(C([2H])([2H])[2H])c3c2oc2ccc4ccccc4c23)[n+](C)c1. The number of pyridine rings is 4. The van der Waals surface area contributed by atoms with Crippen molar-refractivity contribution in [2.45, 2.75) is 75.8 Å². The Bertz CT molecular complexity index is 7710. The normalized spacial score (nSPS) is 14.4. The van der Waals surface area contributed by atoms with Crippen molar-refractivity contribution in [3.63, 3.8) is 0 Å². The van der Waals surface area contributed by atoms with Gasteiger partial charge in [-0.05, 0) is 205 Å². The maximum Gasteiger partial charge on any atom is 0.216 e. The molecule has 0 aliphatic carbocycles. The molecule has 0 radical (unpaired) electrons. The molecule has 20 aromatic rings. The second kappa shape index (κ2) is 26.6. The third-order valence-corrected chi connectivity index (χ3v) is 21.2. The summed E-state index contributed by atoms with van der Waals surface area (Å²) in [6.45, 7) is 0.552. The molecule has 0 unspecified atom stereocenters. The van der Waals surface area contributed by atoms with Crippen molar-refractivity contribution in [1.29, 1.82) is 0 Å². The van der Waals surface area contributed by atoms with E-state index in [1.165, 1.54) is 10.8 Å². The van der Waals surface area contributed by atoms with Gasteiger partial charge in [-0.2, -0.15) is 0 Å². The maximum atomic E-state index is 8.21. The predicted molar refractivity (Wildman–Crippen MR) is 443 cm³/mol. The first-order valence-electron chi connectivity index (χ1n) is 43.2. The van der Waals surface area contributed by atoms with Gasteiger partial charge in [-0.3, -0.25) is 0 Å². The van der Waals surface area contributed by atoms with Gasteiger partial charge in [0.25, 0.3) is 0 Å². The van der Waals surface area contributed by atoms with E-state index in [2.05, 4.69) is 60.9 Å². The van der Waals surface area contributed by atoms with Crippen LogP contribution in [-0.4, -0.2) is 0 Å². The molecular weight excluding hydrogens is 1310 g/mol. The van der Waals surface area contributed by atoms with Gasteiger partial charge in [0.2, 0.25) is 22.8 Å². The van der Waals surface area contributed by atoms with Gasteiger partial charge in [0.1, 0.15) is 72.9 Å². The molecule has 0 bridgehead atoms. The van der Waals surface area contributed by atoms with Gasteiger partial charge in [-0.15, -0.1) is 0 Å². The first-order chi connectivity index (χ1) is 57.8. The minimum absolute atomic E-state index is 0.234. The predicted octanol–water partition coefficient (Wildman–Crippen LogP) is 24.3. The monoisotopic (exact) mass is 1410 g/mol. The topological polar surface area (TPSA) is 68.1 Å². The zero-order valence-corrected chi connectivity index (χ0v) is 61.1. The lowest BCUT2D eigenvalue weighted by molar-refractivity contribution is -0.660. The van der Waals surface area contributed by atoms with Gasteiger partial charge in [0.05, 0.1) is 22.3 Å². The standard InChI is InChI=1S/3C25H22NO.C24H20NO/c1-15-9-11-20-24-19-8-6-5-7-18(19)10-12-22(24)27-25(20)23(15)21-13-16(2)17(3)14-26(21)4;1-15-9-11-20(26(4)14-15)22-16(2)13-17(3)23-24-19-8-6-5-7-18(19)10-12-21(24)27-25(22)23;1-15-11-12-26(4)20(13-15)22-16(2)14-17(3)23-24-19-8-6-5-7-18(19)9-10-21(24)27-25(22)23;1-15-14-16(2)22-23-18-9-5-4-8-17(18)11-12-20(23)26-24(22)21(15)19-10-6-7-13-25(19)3/h3*5-14H,1-4H3;4-14H,1-3H3/q4*+1/i3D3;1D3,3D3;3D3;2D3. The summed E-state index contributed by atoms with van der Waals surface area (Å²) in [6.07, 6.45) is 7.30. The second-order valence-electron chi connectivity index (χ2n) is 28.3. The highest BCUT2D eigenvalue weighted by molar-refractivity contribution is 6.25. The van der Waals surface area contributed by atoms with E-state index in [4.69, 9.17) is 38.2 Å². The molecule has 0 amide bonds. The number of hydrogen-bond acceptors (Lipinski definition) is 4. The number of rotatable bonds is 4. The molecule has 522 valence electrons. The lowest BCUT2D eigenvalue weighted by Gasteiger charge is -2.08. The Morgan fingerprint density at radius 1 is 0.243 bits per heavy atom. The highest BCUT2D eigenvalue weighted by atomic mass is 16.3. The molecule has 0 saturated carbocycles. The number of furan rings is 4. The fraction of sp³-hybridized carbons (Fsp3) is 0.152. The fourth-order valence-electron chi connectivity index (χ4n) is 16.1. The van der Waals surface area contributed by atoms with E-state index in [-0.39, 0.29) is 11.1 Å². The first-order valence-corrected chi connectivity index (χ1v) is 35.7. The van der Waals surface area contributed by atoms with Crippen LogP contribution in [-0.2, 0) is 28.2 Å². The summed E-state index contributed by atoms with van der Waals surface area (Å²) in [5, 5.41) is 15.0. The Hall–Kier alpha value is -12.5. The van der Waals surface area contributed by atoms with Crippen LogP contribution in [0, 0.1) is 75.8 Å². The molecule has 0 N–H and O–H groups in total. The summed E-state index contributed by atoms with van der Waals surface area (Å²) in [5.41, 5.74) is 19.7.